The maximum absolute atomic E-state index is 6.30. The molecule has 2 aliphatic carbocycles. The molecule has 0 spiro atoms. The molecule has 1 atom stereocenters. The van der Waals surface area contributed by atoms with Gasteiger partial charge in [-0.1, -0.05) is 18.2 Å². The molecule has 8 heteroatoms. The maximum atomic E-state index is 6.30. The summed E-state index contributed by atoms with van der Waals surface area (Å²) >= 11 is 0. The third kappa shape index (κ3) is 5.45. The van der Waals surface area contributed by atoms with Crippen LogP contribution in [0.25, 0.3) is 0 Å². The average molecular weight is 621 g/mol. The second-order valence-corrected chi connectivity index (χ2v) is 13.9. The summed E-state index contributed by atoms with van der Waals surface area (Å²) in [5.74, 6) is 4.80. The molecule has 4 heterocycles. The van der Waals surface area contributed by atoms with E-state index in [-0.39, 0.29) is 0 Å². The Morgan fingerprint density at radius 2 is 1.15 bits per heavy atom. The minimum Gasteiger partial charge on any atom is -0.478 e. The van der Waals surface area contributed by atoms with E-state index >= 15 is 0 Å². The number of ether oxygens (including phenoxy) is 4. The molecule has 46 heavy (non-hydrogen) atoms. The first kappa shape index (κ1) is 28.4. The van der Waals surface area contributed by atoms with Gasteiger partial charge in [-0.25, -0.2) is 0 Å². The fourth-order valence-corrected chi connectivity index (χ4v) is 8.41. The van der Waals surface area contributed by atoms with Crippen LogP contribution < -0.4 is 24.0 Å². The van der Waals surface area contributed by atoms with Crippen molar-refractivity contribution in [3.8, 4) is 17.2 Å². The van der Waals surface area contributed by atoms with Crippen molar-refractivity contribution < 1.29 is 18.9 Å². The number of nitrogens with zero attached hydrogens (tertiary/aromatic N) is 4. The zero-order valence-corrected chi connectivity index (χ0v) is 26.6. The lowest BCUT2D eigenvalue weighted by Crippen LogP contribution is -2.47. The van der Waals surface area contributed by atoms with Crippen molar-refractivity contribution in [2.24, 2.45) is 5.92 Å². The Labute approximate surface area is 272 Å². The Morgan fingerprint density at radius 1 is 0.543 bits per heavy atom. The second-order valence-electron chi connectivity index (χ2n) is 13.9. The summed E-state index contributed by atoms with van der Waals surface area (Å²) in [5, 5.41) is 0. The third-order valence-electron chi connectivity index (χ3n) is 11.1. The maximum Gasteiger partial charge on any atom is 0.161 e. The van der Waals surface area contributed by atoms with Crippen molar-refractivity contribution in [3.63, 3.8) is 0 Å². The van der Waals surface area contributed by atoms with Gasteiger partial charge >= 0.3 is 0 Å². The number of para-hydroxylation sites is 1. The van der Waals surface area contributed by atoms with E-state index in [9.17, 15) is 0 Å². The lowest BCUT2D eigenvalue weighted by molar-refractivity contribution is 0.00139. The zero-order valence-electron chi connectivity index (χ0n) is 26.6. The van der Waals surface area contributed by atoms with Crippen LogP contribution in [0.2, 0.25) is 0 Å². The van der Waals surface area contributed by atoms with Gasteiger partial charge in [-0.3, -0.25) is 9.80 Å². The molecule has 1 unspecified atom stereocenters. The van der Waals surface area contributed by atoms with Gasteiger partial charge in [-0.15, -0.1) is 0 Å². The highest BCUT2D eigenvalue weighted by atomic mass is 16.5. The fourth-order valence-electron chi connectivity index (χ4n) is 8.41. The minimum atomic E-state index is 0.532. The molecule has 1 saturated heterocycles. The van der Waals surface area contributed by atoms with Crippen LogP contribution in [0.3, 0.4) is 0 Å². The van der Waals surface area contributed by atoms with Crippen molar-refractivity contribution in [2.75, 3.05) is 43.3 Å². The van der Waals surface area contributed by atoms with Crippen LogP contribution in [0.15, 0.2) is 72.5 Å². The van der Waals surface area contributed by atoms with Crippen LogP contribution in [-0.4, -0.2) is 55.4 Å². The van der Waals surface area contributed by atoms with Crippen LogP contribution in [0, 0.1) is 5.92 Å². The predicted molar refractivity (Wildman–Crippen MR) is 178 cm³/mol. The van der Waals surface area contributed by atoms with Gasteiger partial charge in [-0.05, 0) is 93.5 Å². The lowest BCUT2D eigenvalue weighted by Gasteiger charge is -2.43. The largest absolute Gasteiger partial charge is 0.478 e. The summed E-state index contributed by atoms with van der Waals surface area (Å²) in [5.41, 5.74) is 6.26. The highest BCUT2D eigenvalue weighted by Gasteiger charge is 2.34. The summed E-state index contributed by atoms with van der Waals surface area (Å²) in [6.07, 6.45) is 10.7. The van der Waals surface area contributed by atoms with Crippen LogP contribution in [0.1, 0.15) is 61.6 Å². The zero-order chi connectivity index (χ0) is 30.5. The van der Waals surface area contributed by atoms with Crippen molar-refractivity contribution in [2.45, 2.75) is 76.7 Å². The van der Waals surface area contributed by atoms with Gasteiger partial charge in [0.25, 0.3) is 0 Å². The summed E-state index contributed by atoms with van der Waals surface area (Å²) in [7, 11) is 0. The first-order valence-electron chi connectivity index (χ1n) is 17.3. The summed E-state index contributed by atoms with van der Waals surface area (Å²) in [6.45, 7) is 6.36. The third-order valence-corrected chi connectivity index (χ3v) is 11.1. The van der Waals surface area contributed by atoms with Crippen LogP contribution in [0.4, 0.5) is 11.4 Å². The van der Waals surface area contributed by atoms with E-state index in [4.69, 9.17) is 18.9 Å². The Balaban J connectivity index is 0.812. The molecule has 1 saturated carbocycles. The monoisotopic (exact) mass is 620 g/mol. The number of hydrogen-bond acceptors (Lipinski definition) is 8. The standard InChI is InChI=1S/C38H44N4O4/c1-3-7-35-27(5-1)19-41(25-43-35)33-13-15-37-29(17-33)21-39(23-45-37)31-9-11-32(12-10-31)40-22-30-18-34(14-16-38(30)46-24-40)42-20-28-6-2-4-8-36(28)44-26-42/h1,3,5,7-8,13-18,28,31-32H,2,4,6,9-12,19-26H2. The van der Waals surface area contributed by atoms with E-state index in [0.29, 0.717) is 44.9 Å². The van der Waals surface area contributed by atoms with E-state index in [0.717, 1.165) is 49.8 Å². The molecule has 0 aromatic heterocycles. The van der Waals surface area contributed by atoms with Gasteiger partial charge in [0.05, 0.1) is 5.76 Å². The van der Waals surface area contributed by atoms with Crippen LogP contribution >= 0.6 is 0 Å². The van der Waals surface area contributed by atoms with Crippen molar-refractivity contribution in [1.82, 2.24) is 9.80 Å². The van der Waals surface area contributed by atoms with E-state index < -0.39 is 0 Å². The fraction of sp³-hybridized carbons (Fsp3) is 0.474. The molecule has 240 valence electrons. The minimum absolute atomic E-state index is 0.532. The molecule has 0 N–H and O–H groups in total. The molecule has 0 radical (unpaired) electrons. The predicted octanol–water partition coefficient (Wildman–Crippen LogP) is 6.84. The molecule has 8 nitrogen and oxygen atoms in total. The average Bonchev–Trinajstić information content (AvgIpc) is 3.13. The molecule has 0 amide bonds. The van der Waals surface area contributed by atoms with Crippen molar-refractivity contribution in [1.29, 1.82) is 0 Å². The van der Waals surface area contributed by atoms with Crippen LogP contribution in [0.5, 0.6) is 17.2 Å². The highest BCUT2D eigenvalue weighted by molar-refractivity contribution is 5.56. The van der Waals surface area contributed by atoms with Gasteiger partial charge in [0.2, 0.25) is 0 Å². The molecule has 0 bridgehead atoms. The molecule has 3 aromatic carbocycles. The van der Waals surface area contributed by atoms with E-state index in [1.54, 1.807) is 0 Å². The van der Waals surface area contributed by atoms with E-state index in [1.165, 1.54) is 72.3 Å². The molecule has 9 rings (SSSR count). The second kappa shape index (κ2) is 12.0. The summed E-state index contributed by atoms with van der Waals surface area (Å²) < 4.78 is 24.8. The smallest absolute Gasteiger partial charge is 0.161 e. The Hall–Kier alpha value is -3.88. The van der Waals surface area contributed by atoms with Gasteiger partial charge in [0.1, 0.15) is 30.7 Å². The lowest BCUT2D eigenvalue weighted by atomic mass is 9.88. The van der Waals surface area contributed by atoms with Gasteiger partial charge in [0, 0.05) is 72.2 Å². The highest BCUT2D eigenvalue weighted by Crippen LogP contribution is 2.38. The molecular formula is C38H44N4O4. The van der Waals surface area contributed by atoms with Gasteiger partial charge in [0.15, 0.2) is 13.5 Å². The van der Waals surface area contributed by atoms with Crippen molar-refractivity contribution >= 4 is 11.4 Å². The number of benzene rings is 3. The molecule has 4 aliphatic heterocycles. The first-order chi connectivity index (χ1) is 22.7. The van der Waals surface area contributed by atoms with Crippen molar-refractivity contribution in [3.05, 3.63) is 89.2 Å². The number of fused-ring (bicyclic) bond motifs is 4. The number of allylic oxidation sites excluding steroid dienone is 1. The molecule has 6 aliphatic rings. The summed E-state index contributed by atoms with van der Waals surface area (Å²) in [4.78, 5) is 9.81. The van der Waals surface area contributed by atoms with E-state index in [1.807, 2.05) is 6.07 Å². The Bertz CT molecular complexity index is 1620. The molecule has 3 aromatic rings. The number of rotatable bonds is 4. The summed E-state index contributed by atoms with van der Waals surface area (Å²) in [6, 6.07) is 22.8. The number of hydrogen-bond donors (Lipinski definition) is 0. The van der Waals surface area contributed by atoms with Crippen LogP contribution in [-0.2, 0) is 24.4 Å². The molecule has 2 fully saturated rings. The quantitative estimate of drug-likeness (QED) is 0.315. The van der Waals surface area contributed by atoms with Gasteiger partial charge in [-0.2, -0.15) is 0 Å². The normalized spacial score (nSPS) is 26.2. The SMILES string of the molecule is C1=C2OCN(c3ccc4c(c3)CN(C3CCC(N5COc6ccc(N7COc8ccccc8C7)cc6C5)CC3)CO4)CC2CCC1. The van der Waals surface area contributed by atoms with E-state index in [2.05, 4.69) is 80.3 Å². The Morgan fingerprint density at radius 3 is 1.87 bits per heavy atom. The Kier molecular flexibility index (Phi) is 7.43. The topological polar surface area (TPSA) is 49.9 Å². The molecular weight excluding hydrogens is 576 g/mol. The number of anilines is 2. The van der Waals surface area contributed by atoms with Gasteiger partial charge < -0.3 is 28.7 Å². The first-order valence-corrected chi connectivity index (χ1v) is 17.3.